The number of nitrogens with one attached hydrogen (secondary N) is 1. The number of likely N-dealkylation sites (tertiary alicyclic amines) is 1. The van der Waals surface area contributed by atoms with Gasteiger partial charge in [-0.3, -0.25) is 14.4 Å². The minimum absolute atomic E-state index is 0.0660. The van der Waals surface area contributed by atoms with Crippen molar-refractivity contribution in [2.24, 2.45) is 11.3 Å². The summed E-state index contributed by atoms with van der Waals surface area (Å²) < 4.78 is 4.92. The van der Waals surface area contributed by atoms with Crippen molar-refractivity contribution in [3.8, 4) is 0 Å². The second-order valence-corrected chi connectivity index (χ2v) is 5.67. The third-order valence-electron chi connectivity index (χ3n) is 4.10. The molecule has 0 bridgehead atoms. The number of carboxylic acids is 1. The lowest BCUT2D eigenvalue weighted by Gasteiger charge is -2.24. The summed E-state index contributed by atoms with van der Waals surface area (Å²) in [5.41, 5.74) is -0.978. The molecule has 7 heteroatoms. The van der Waals surface area contributed by atoms with Crippen LogP contribution >= 0.6 is 0 Å². The Hall–Kier alpha value is -1.63. The van der Waals surface area contributed by atoms with Gasteiger partial charge in [-0.15, -0.1) is 0 Å². The Bertz CT molecular complexity index is 412. The van der Waals surface area contributed by atoms with Crippen LogP contribution < -0.4 is 5.32 Å². The highest BCUT2D eigenvalue weighted by molar-refractivity contribution is 5.89. The van der Waals surface area contributed by atoms with Gasteiger partial charge in [-0.05, 0) is 13.3 Å². The van der Waals surface area contributed by atoms with E-state index in [1.54, 1.807) is 25.9 Å². The predicted octanol–water partition coefficient (Wildman–Crippen LogP) is 0.0984. The Kier molecular flexibility index (Phi) is 6.14. The molecule has 0 spiro atoms. The van der Waals surface area contributed by atoms with E-state index < -0.39 is 17.3 Å². The molecule has 2 unspecified atom stereocenters. The van der Waals surface area contributed by atoms with Crippen molar-refractivity contribution < 1.29 is 24.2 Å². The first-order valence-corrected chi connectivity index (χ1v) is 7.12. The van der Waals surface area contributed by atoms with E-state index >= 15 is 0 Å². The lowest BCUT2D eigenvalue weighted by Crippen LogP contribution is -2.43. The first-order chi connectivity index (χ1) is 9.84. The minimum atomic E-state index is -0.978. The Morgan fingerprint density at radius 1 is 1.52 bits per heavy atom. The van der Waals surface area contributed by atoms with Crippen molar-refractivity contribution >= 4 is 17.8 Å². The van der Waals surface area contributed by atoms with Crippen molar-refractivity contribution in [2.75, 3.05) is 33.4 Å². The number of carboxylic acid groups (broad SMARTS) is 1. The lowest BCUT2D eigenvalue weighted by molar-refractivity contribution is -0.148. The molecular formula is C14H24N2O5. The van der Waals surface area contributed by atoms with Gasteiger partial charge in [0, 0.05) is 33.2 Å². The van der Waals surface area contributed by atoms with Gasteiger partial charge in [0.1, 0.15) is 0 Å². The van der Waals surface area contributed by atoms with Crippen LogP contribution in [0, 0.1) is 11.3 Å². The molecule has 0 aromatic heterocycles. The molecule has 1 rings (SSSR count). The van der Waals surface area contributed by atoms with Crippen LogP contribution in [0.4, 0.5) is 0 Å². The second-order valence-electron chi connectivity index (χ2n) is 5.67. The molecule has 0 saturated carbocycles. The topological polar surface area (TPSA) is 95.9 Å². The third kappa shape index (κ3) is 4.42. The molecule has 1 fully saturated rings. The van der Waals surface area contributed by atoms with E-state index in [0.717, 1.165) is 0 Å². The highest BCUT2D eigenvalue weighted by atomic mass is 16.5. The molecule has 7 nitrogen and oxygen atoms in total. The molecule has 1 aliphatic heterocycles. The smallest absolute Gasteiger partial charge is 0.311 e. The van der Waals surface area contributed by atoms with E-state index in [4.69, 9.17) is 9.84 Å². The van der Waals surface area contributed by atoms with E-state index in [9.17, 15) is 14.4 Å². The van der Waals surface area contributed by atoms with Crippen LogP contribution in [0.1, 0.15) is 26.7 Å². The Labute approximate surface area is 124 Å². The minimum Gasteiger partial charge on any atom is -0.481 e. The number of amides is 2. The average molecular weight is 300 g/mol. The zero-order valence-corrected chi connectivity index (χ0v) is 12.8. The quantitative estimate of drug-likeness (QED) is 0.663. The number of rotatable bonds is 8. The van der Waals surface area contributed by atoms with Gasteiger partial charge in [0.05, 0.1) is 17.9 Å². The number of aliphatic carboxylic acids is 1. The van der Waals surface area contributed by atoms with Gasteiger partial charge in [-0.25, -0.2) is 0 Å². The van der Waals surface area contributed by atoms with Gasteiger partial charge < -0.3 is 20.1 Å². The molecular weight excluding hydrogens is 276 g/mol. The van der Waals surface area contributed by atoms with Crippen LogP contribution in [0.15, 0.2) is 0 Å². The number of carbonyl (C=O) groups excluding carboxylic acids is 2. The van der Waals surface area contributed by atoms with Crippen molar-refractivity contribution in [2.45, 2.75) is 26.7 Å². The van der Waals surface area contributed by atoms with E-state index in [1.165, 1.54) is 0 Å². The summed E-state index contributed by atoms with van der Waals surface area (Å²) in [5.74, 6) is -1.67. The van der Waals surface area contributed by atoms with Crippen LogP contribution in [0.2, 0.25) is 0 Å². The number of hydrogen-bond acceptors (Lipinski definition) is 4. The SMILES string of the molecule is CCC(C)(CNC(=O)C1CC(=O)N(CCOC)C1)C(=O)O. The van der Waals surface area contributed by atoms with E-state index in [1.807, 2.05) is 0 Å². The predicted molar refractivity (Wildman–Crippen MR) is 75.6 cm³/mol. The first kappa shape index (κ1) is 17.4. The number of nitrogens with zero attached hydrogens (tertiary/aromatic N) is 1. The standard InChI is InChI=1S/C14H24N2O5/c1-4-14(2,13(19)20)9-15-12(18)10-7-11(17)16(8-10)5-6-21-3/h10H,4-9H2,1-3H3,(H,15,18)(H,19,20). The number of ether oxygens (including phenoxy) is 1. The maximum atomic E-state index is 12.1. The summed E-state index contributed by atoms with van der Waals surface area (Å²) in [4.78, 5) is 36.6. The molecule has 1 saturated heterocycles. The Morgan fingerprint density at radius 2 is 2.19 bits per heavy atom. The van der Waals surface area contributed by atoms with E-state index in [-0.39, 0.29) is 24.8 Å². The fourth-order valence-electron chi connectivity index (χ4n) is 2.14. The zero-order chi connectivity index (χ0) is 16.0. The van der Waals surface area contributed by atoms with Gasteiger partial charge in [-0.2, -0.15) is 0 Å². The third-order valence-corrected chi connectivity index (χ3v) is 4.10. The van der Waals surface area contributed by atoms with Crippen molar-refractivity contribution in [3.05, 3.63) is 0 Å². The maximum Gasteiger partial charge on any atom is 0.311 e. The Balaban J connectivity index is 2.50. The lowest BCUT2D eigenvalue weighted by atomic mass is 9.87. The van der Waals surface area contributed by atoms with Crippen LogP contribution in [-0.4, -0.2) is 61.1 Å². The normalized spacial score (nSPS) is 21.2. The van der Waals surface area contributed by atoms with E-state index in [2.05, 4.69) is 5.32 Å². The van der Waals surface area contributed by atoms with Gasteiger partial charge in [0.15, 0.2) is 0 Å². The van der Waals surface area contributed by atoms with Gasteiger partial charge in [-0.1, -0.05) is 6.92 Å². The largest absolute Gasteiger partial charge is 0.481 e. The second kappa shape index (κ2) is 7.40. The monoisotopic (exact) mass is 300 g/mol. The molecule has 1 aliphatic rings. The summed E-state index contributed by atoms with van der Waals surface area (Å²) in [5, 5.41) is 11.8. The molecule has 1 heterocycles. The van der Waals surface area contributed by atoms with Crippen molar-refractivity contribution in [1.29, 1.82) is 0 Å². The van der Waals surface area contributed by atoms with Crippen LogP contribution in [0.25, 0.3) is 0 Å². The number of methoxy groups -OCH3 is 1. The highest BCUT2D eigenvalue weighted by Gasteiger charge is 2.36. The van der Waals surface area contributed by atoms with E-state index in [0.29, 0.717) is 26.1 Å². The van der Waals surface area contributed by atoms with Crippen molar-refractivity contribution in [1.82, 2.24) is 10.2 Å². The van der Waals surface area contributed by atoms with Crippen LogP contribution in [0.5, 0.6) is 0 Å². The molecule has 120 valence electrons. The summed E-state index contributed by atoms with van der Waals surface area (Å²) in [6, 6.07) is 0. The van der Waals surface area contributed by atoms with Gasteiger partial charge in [0.25, 0.3) is 0 Å². The molecule has 0 aromatic carbocycles. The summed E-state index contributed by atoms with van der Waals surface area (Å²) >= 11 is 0. The molecule has 2 amide bonds. The Morgan fingerprint density at radius 3 is 2.71 bits per heavy atom. The molecule has 21 heavy (non-hydrogen) atoms. The molecule has 2 atom stereocenters. The number of carbonyl (C=O) groups is 3. The van der Waals surface area contributed by atoms with Crippen LogP contribution in [-0.2, 0) is 19.1 Å². The summed E-state index contributed by atoms with van der Waals surface area (Å²) in [6.07, 6.45) is 0.595. The van der Waals surface area contributed by atoms with Gasteiger partial charge in [0.2, 0.25) is 11.8 Å². The molecule has 0 aliphatic carbocycles. The van der Waals surface area contributed by atoms with Crippen LogP contribution in [0.3, 0.4) is 0 Å². The maximum absolute atomic E-state index is 12.1. The average Bonchev–Trinajstić information content (AvgIpc) is 2.83. The summed E-state index contributed by atoms with van der Waals surface area (Å²) in [7, 11) is 1.56. The van der Waals surface area contributed by atoms with Gasteiger partial charge >= 0.3 is 5.97 Å². The number of hydrogen-bond donors (Lipinski definition) is 2. The fraction of sp³-hybridized carbons (Fsp3) is 0.786. The fourth-order valence-corrected chi connectivity index (χ4v) is 2.14. The van der Waals surface area contributed by atoms with Crippen molar-refractivity contribution in [3.63, 3.8) is 0 Å². The molecule has 2 N–H and O–H groups in total. The first-order valence-electron chi connectivity index (χ1n) is 7.12. The zero-order valence-electron chi connectivity index (χ0n) is 12.8. The summed E-state index contributed by atoms with van der Waals surface area (Å²) in [6.45, 7) is 4.71. The molecule has 0 aromatic rings. The highest BCUT2D eigenvalue weighted by Crippen LogP contribution is 2.21. The molecule has 0 radical (unpaired) electrons.